The van der Waals surface area contributed by atoms with Gasteiger partial charge in [0.1, 0.15) is 17.7 Å². The summed E-state index contributed by atoms with van der Waals surface area (Å²) < 4.78 is 17.1. The van der Waals surface area contributed by atoms with Crippen molar-refractivity contribution in [3.8, 4) is 17.2 Å². The zero-order valence-electron chi connectivity index (χ0n) is 23.2. The van der Waals surface area contributed by atoms with Gasteiger partial charge in [-0.3, -0.25) is 4.79 Å². The van der Waals surface area contributed by atoms with Crippen LogP contribution in [0.25, 0.3) is 10.9 Å². The Kier molecular flexibility index (Phi) is 8.19. The van der Waals surface area contributed by atoms with Gasteiger partial charge in [-0.2, -0.15) is 4.98 Å². The second-order valence-corrected chi connectivity index (χ2v) is 9.74. The van der Waals surface area contributed by atoms with Crippen molar-refractivity contribution >= 4 is 28.6 Å². The molecule has 9 heteroatoms. The maximum absolute atomic E-state index is 13.2. The summed E-state index contributed by atoms with van der Waals surface area (Å²) in [5.41, 5.74) is 8.74. The molecule has 1 atom stereocenters. The SMILES string of the molecule is CCCC(Oc1ccc(C(=O)N2CCN(c3nc(N)c4cc(OC)c(OC)cc4n3)CC2)cc1)c1ccccc1. The van der Waals surface area contributed by atoms with Crippen molar-refractivity contribution in [1.82, 2.24) is 14.9 Å². The third-order valence-corrected chi connectivity index (χ3v) is 7.17. The average Bonchev–Trinajstić information content (AvgIpc) is 3.00. The number of ether oxygens (including phenoxy) is 3. The largest absolute Gasteiger partial charge is 0.493 e. The van der Waals surface area contributed by atoms with E-state index in [4.69, 9.17) is 24.9 Å². The molecule has 9 nitrogen and oxygen atoms in total. The third kappa shape index (κ3) is 5.73. The standard InChI is InChI=1S/C31H35N5O4/c1-4-8-26(21-9-6-5-7-10-21)40-23-13-11-22(12-14-23)30(37)35-15-17-36(18-16-35)31-33-25-20-28(39-3)27(38-2)19-24(25)29(32)34-31/h5-7,9-14,19-20,26H,4,8,15-18H2,1-3H3,(H2,32,33,34). The Balaban J connectivity index is 1.23. The Labute approximate surface area is 234 Å². The topological polar surface area (TPSA) is 103 Å². The van der Waals surface area contributed by atoms with E-state index in [0.29, 0.717) is 65.9 Å². The van der Waals surface area contributed by atoms with Crippen LogP contribution < -0.4 is 24.8 Å². The Morgan fingerprint density at radius 2 is 1.60 bits per heavy atom. The van der Waals surface area contributed by atoms with Crippen LogP contribution in [0, 0.1) is 0 Å². The van der Waals surface area contributed by atoms with Gasteiger partial charge >= 0.3 is 0 Å². The number of carbonyl (C=O) groups excluding carboxylic acids is 1. The molecule has 0 aliphatic carbocycles. The zero-order valence-corrected chi connectivity index (χ0v) is 23.2. The molecule has 2 heterocycles. The number of rotatable bonds is 9. The molecule has 1 saturated heterocycles. The molecule has 0 saturated carbocycles. The van der Waals surface area contributed by atoms with Crippen molar-refractivity contribution < 1.29 is 19.0 Å². The fourth-order valence-electron chi connectivity index (χ4n) is 4.96. The molecular formula is C31H35N5O4. The number of nitrogen functional groups attached to an aromatic ring is 1. The lowest BCUT2D eigenvalue weighted by atomic mass is 10.1. The van der Waals surface area contributed by atoms with Crippen molar-refractivity contribution in [3.63, 3.8) is 0 Å². The molecule has 208 valence electrons. The number of carbonyl (C=O) groups is 1. The second-order valence-electron chi connectivity index (χ2n) is 9.74. The van der Waals surface area contributed by atoms with Gasteiger partial charge < -0.3 is 29.7 Å². The van der Waals surface area contributed by atoms with Crippen LogP contribution in [-0.2, 0) is 0 Å². The van der Waals surface area contributed by atoms with Gasteiger partial charge in [0.25, 0.3) is 5.91 Å². The van der Waals surface area contributed by atoms with Crippen molar-refractivity contribution in [2.24, 2.45) is 0 Å². The van der Waals surface area contributed by atoms with Crippen LogP contribution in [0.2, 0.25) is 0 Å². The normalized spacial score (nSPS) is 14.2. The van der Waals surface area contributed by atoms with E-state index < -0.39 is 0 Å². The number of anilines is 2. The lowest BCUT2D eigenvalue weighted by Gasteiger charge is -2.35. The number of nitrogens with zero attached hydrogens (tertiary/aromatic N) is 4. The van der Waals surface area contributed by atoms with Gasteiger partial charge in [0.15, 0.2) is 11.5 Å². The van der Waals surface area contributed by atoms with E-state index in [1.54, 1.807) is 26.4 Å². The zero-order chi connectivity index (χ0) is 28.1. The molecule has 4 aromatic rings. The Bertz CT molecular complexity index is 1450. The molecule has 1 aliphatic heterocycles. The van der Waals surface area contributed by atoms with E-state index in [1.807, 2.05) is 52.3 Å². The maximum atomic E-state index is 13.2. The predicted octanol–water partition coefficient (Wildman–Crippen LogP) is 5.11. The molecule has 1 amide bonds. The highest BCUT2D eigenvalue weighted by molar-refractivity contribution is 5.94. The van der Waals surface area contributed by atoms with Crippen LogP contribution in [0.3, 0.4) is 0 Å². The smallest absolute Gasteiger partial charge is 0.253 e. The van der Waals surface area contributed by atoms with Crippen molar-refractivity contribution in [2.75, 3.05) is 51.0 Å². The highest BCUT2D eigenvalue weighted by Gasteiger charge is 2.25. The monoisotopic (exact) mass is 541 g/mol. The van der Waals surface area contributed by atoms with E-state index in [-0.39, 0.29) is 12.0 Å². The number of amides is 1. The summed E-state index contributed by atoms with van der Waals surface area (Å²) in [7, 11) is 3.16. The van der Waals surface area contributed by atoms with E-state index >= 15 is 0 Å². The molecule has 5 rings (SSSR count). The Morgan fingerprint density at radius 1 is 0.925 bits per heavy atom. The summed E-state index contributed by atoms with van der Waals surface area (Å²) in [6.45, 7) is 4.45. The van der Waals surface area contributed by atoms with Gasteiger partial charge in [0.2, 0.25) is 5.95 Å². The lowest BCUT2D eigenvalue weighted by molar-refractivity contribution is 0.0746. The molecule has 3 aromatic carbocycles. The summed E-state index contributed by atoms with van der Waals surface area (Å²) in [4.78, 5) is 26.4. The van der Waals surface area contributed by atoms with E-state index in [1.165, 1.54) is 0 Å². The minimum absolute atomic E-state index is 0.00450. The Morgan fingerprint density at radius 3 is 2.25 bits per heavy atom. The highest BCUT2D eigenvalue weighted by Crippen LogP contribution is 2.34. The van der Waals surface area contributed by atoms with Crippen LogP contribution in [0.4, 0.5) is 11.8 Å². The number of benzene rings is 3. The molecule has 1 aliphatic rings. The number of piperazine rings is 1. The molecule has 1 fully saturated rings. The molecule has 40 heavy (non-hydrogen) atoms. The van der Waals surface area contributed by atoms with Crippen LogP contribution >= 0.6 is 0 Å². The van der Waals surface area contributed by atoms with E-state index in [2.05, 4.69) is 24.0 Å². The van der Waals surface area contributed by atoms with Gasteiger partial charge in [-0.15, -0.1) is 0 Å². The molecule has 2 N–H and O–H groups in total. The van der Waals surface area contributed by atoms with Gasteiger partial charge in [0, 0.05) is 43.2 Å². The highest BCUT2D eigenvalue weighted by atomic mass is 16.5. The quantitative estimate of drug-likeness (QED) is 0.312. The fourth-order valence-corrected chi connectivity index (χ4v) is 4.96. The number of fused-ring (bicyclic) bond motifs is 1. The molecule has 0 bridgehead atoms. The maximum Gasteiger partial charge on any atom is 0.253 e. The Hall–Kier alpha value is -4.53. The first kappa shape index (κ1) is 27.1. The van der Waals surface area contributed by atoms with Gasteiger partial charge in [-0.05, 0) is 42.3 Å². The van der Waals surface area contributed by atoms with Crippen LogP contribution in [0.15, 0.2) is 66.7 Å². The third-order valence-electron chi connectivity index (χ3n) is 7.17. The number of nitrogens with two attached hydrogens (primary N) is 1. The first-order chi connectivity index (χ1) is 19.5. The minimum atomic E-state index is -0.0182. The predicted molar refractivity (Wildman–Crippen MR) is 156 cm³/mol. The van der Waals surface area contributed by atoms with Gasteiger partial charge in [0.05, 0.1) is 19.7 Å². The average molecular weight is 542 g/mol. The number of aromatic nitrogens is 2. The van der Waals surface area contributed by atoms with E-state index in [9.17, 15) is 4.79 Å². The minimum Gasteiger partial charge on any atom is -0.493 e. The summed E-state index contributed by atoms with van der Waals surface area (Å²) in [5, 5.41) is 0.701. The summed E-state index contributed by atoms with van der Waals surface area (Å²) in [5.74, 6) is 2.80. The van der Waals surface area contributed by atoms with Crippen molar-refractivity contribution in [3.05, 3.63) is 77.9 Å². The van der Waals surface area contributed by atoms with Crippen molar-refractivity contribution in [2.45, 2.75) is 25.9 Å². The molecule has 1 unspecified atom stereocenters. The van der Waals surface area contributed by atoms with E-state index in [0.717, 1.165) is 24.2 Å². The number of hydrogen-bond acceptors (Lipinski definition) is 8. The molecule has 1 aromatic heterocycles. The first-order valence-corrected chi connectivity index (χ1v) is 13.6. The van der Waals surface area contributed by atoms with Gasteiger partial charge in [-0.1, -0.05) is 43.7 Å². The second kappa shape index (κ2) is 12.1. The van der Waals surface area contributed by atoms with Crippen LogP contribution in [-0.4, -0.2) is 61.2 Å². The first-order valence-electron chi connectivity index (χ1n) is 13.6. The number of methoxy groups -OCH3 is 2. The fraction of sp³-hybridized carbons (Fsp3) is 0.323. The summed E-state index contributed by atoms with van der Waals surface area (Å²) >= 11 is 0. The van der Waals surface area contributed by atoms with Crippen LogP contribution in [0.1, 0.15) is 41.8 Å². The summed E-state index contributed by atoms with van der Waals surface area (Å²) in [6.07, 6.45) is 1.92. The molecular weight excluding hydrogens is 506 g/mol. The summed E-state index contributed by atoms with van der Waals surface area (Å²) in [6, 6.07) is 21.3. The van der Waals surface area contributed by atoms with Crippen LogP contribution in [0.5, 0.6) is 17.2 Å². The molecule has 0 radical (unpaired) electrons. The molecule has 0 spiro atoms. The van der Waals surface area contributed by atoms with Gasteiger partial charge in [-0.25, -0.2) is 4.98 Å². The number of hydrogen-bond donors (Lipinski definition) is 1. The van der Waals surface area contributed by atoms with Crippen molar-refractivity contribution in [1.29, 1.82) is 0 Å². The lowest BCUT2D eigenvalue weighted by Crippen LogP contribution is -2.49.